The normalized spacial score (nSPS) is 10.4. The lowest BCUT2D eigenvalue weighted by atomic mass is 9.98. The Morgan fingerprint density at radius 2 is 1.90 bits per heavy atom. The number of benzene rings is 2. The molecule has 0 aliphatic heterocycles. The molecule has 5 nitrogen and oxygen atoms in total. The van der Waals surface area contributed by atoms with Crippen molar-refractivity contribution in [1.82, 2.24) is 15.6 Å². The molecule has 0 saturated heterocycles. The van der Waals surface area contributed by atoms with Crippen molar-refractivity contribution in [2.45, 2.75) is 19.6 Å². The molecule has 31 heavy (non-hydrogen) atoms. The first-order valence-electron chi connectivity index (χ1n) is 9.17. The Balaban J connectivity index is 0.00000341. The van der Waals surface area contributed by atoms with Gasteiger partial charge in [0.2, 0.25) is 0 Å². The summed E-state index contributed by atoms with van der Waals surface area (Å²) in [5.74, 6) is 0.0877. The summed E-state index contributed by atoms with van der Waals surface area (Å²) in [6.45, 7) is -2.60. The van der Waals surface area contributed by atoms with Crippen LogP contribution in [0.1, 0.15) is 16.8 Å². The molecular weight excluding hydrogens is 447 g/mol. The first kappa shape index (κ1) is 24.4. The van der Waals surface area contributed by atoms with Gasteiger partial charge in [-0.15, -0.1) is 12.4 Å². The Labute approximate surface area is 190 Å². The molecule has 3 aromatic rings. The number of carbonyl (C=O) groups is 1. The highest BCUT2D eigenvalue weighted by Crippen LogP contribution is 2.34. The molecule has 2 aromatic carbocycles. The topological polar surface area (TPSA) is 63.2 Å². The smallest absolute Gasteiger partial charge is 0.387 e. The van der Waals surface area contributed by atoms with Gasteiger partial charge >= 0.3 is 12.6 Å². The highest BCUT2D eigenvalue weighted by molar-refractivity contribution is 6.30. The molecule has 0 aliphatic carbocycles. The van der Waals surface area contributed by atoms with Gasteiger partial charge in [0.05, 0.1) is 12.2 Å². The Bertz CT molecular complexity index is 1020. The number of ether oxygens (including phenoxy) is 1. The van der Waals surface area contributed by atoms with Crippen molar-refractivity contribution in [3.05, 3.63) is 82.6 Å². The van der Waals surface area contributed by atoms with Crippen molar-refractivity contribution in [3.63, 3.8) is 0 Å². The number of amides is 2. The van der Waals surface area contributed by atoms with Crippen LogP contribution in [0, 0.1) is 0 Å². The number of rotatable bonds is 7. The molecule has 0 unspecified atom stereocenters. The number of hydrogen-bond acceptors (Lipinski definition) is 3. The third-order valence-corrected chi connectivity index (χ3v) is 4.58. The van der Waals surface area contributed by atoms with E-state index in [0.717, 1.165) is 16.8 Å². The van der Waals surface area contributed by atoms with Gasteiger partial charge in [-0.05, 0) is 53.4 Å². The molecule has 0 bridgehead atoms. The van der Waals surface area contributed by atoms with Gasteiger partial charge < -0.3 is 15.4 Å². The van der Waals surface area contributed by atoms with E-state index in [1.807, 2.05) is 18.2 Å². The van der Waals surface area contributed by atoms with E-state index in [4.69, 9.17) is 11.6 Å². The highest BCUT2D eigenvalue weighted by atomic mass is 35.5. The zero-order valence-electron chi connectivity index (χ0n) is 16.6. The van der Waals surface area contributed by atoms with Gasteiger partial charge in [-0.1, -0.05) is 35.9 Å². The summed E-state index contributed by atoms with van der Waals surface area (Å²) < 4.78 is 30.3. The van der Waals surface area contributed by atoms with Gasteiger partial charge in [0.1, 0.15) is 5.75 Å². The van der Waals surface area contributed by atoms with Gasteiger partial charge in [-0.2, -0.15) is 8.78 Å². The van der Waals surface area contributed by atoms with E-state index in [1.165, 1.54) is 6.07 Å². The summed E-state index contributed by atoms with van der Waals surface area (Å²) in [7, 11) is 1.54. The molecule has 1 heterocycles. The summed E-state index contributed by atoms with van der Waals surface area (Å²) in [6, 6.07) is 15.5. The number of carbonyl (C=O) groups excluding carboxylic acids is 1. The second-order valence-corrected chi connectivity index (χ2v) is 6.92. The lowest BCUT2D eigenvalue weighted by Crippen LogP contribution is -2.32. The number of halogens is 4. The zero-order valence-corrected chi connectivity index (χ0v) is 18.1. The number of urea groups is 1. The lowest BCUT2D eigenvalue weighted by Gasteiger charge is -2.13. The molecule has 2 N–H and O–H groups in total. The molecule has 1 aromatic heterocycles. The van der Waals surface area contributed by atoms with Crippen LogP contribution in [-0.2, 0) is 13.0 Å². The van der Waals surface area contributed by atoms with Crippen molar-refractivity contribution in [2.75, 3.05) is 7.05 Å². The van der Waals surface area contributed by atoms with Gasteiger partial charge in [0.15, 0.2) is 0 Å². The highest BCUT2D eigenvalue weighted by Gasteiger charge is 2.13. The van der Waals surface area contributed by atoms with E-state index < -0.39 is 6.61 Å². The molecule has 9 heteroatoms. The maximum Gasteiger partial charge on any atom is 0.387 e. The Hall–Kier alpha value is -2.90. The van der Waals surface area contributed by atoms with Crippen LogP contribution in [0.15, 0.2) is 60.8 Å². The number of aromatic nitrogens is 1. The number of alkyl halides is 2. The minimum absolute atomic E-state index is 0. The fourth-order valence-electron chi connectivity index (χ4n) is 2.93. The third-order valence-electron chi connectivity index (χ3n) is 4.35. The van der Waals surface area contributed by atoms with Crippen molar-refractivity contribution in [3.8, 4) is 16.9 Å². The Kier molecular flexibility index (Phi) is 9.03. The van der Waals surface area contributed by atoms with Crippen LogP contribution in [0.5, 0.6) is 5.75 Å². The van der Waals surface area contributed by atoms with E-state index in [9.17, 15) is 13.6 Å². The van der Waals surface area contributed by atoms with Crippen LogP contribution in [0.4, 0.5) is 13.6 Å². The fraction of sp³-hybridized carbons (Fsp3) is 0.182. The Morgan fingerprint density at radius 1 is 1.13 bits per heavy atom. The number of hydrogen-bond donors (Lipinski definition) is 2. The van der Waals surface area contributed by atoms with Crippen molar-refractivity contribution in [2.24, 2.45) is 0 Å². The second kappa shape index (κ2) is 11.5. The molecule has 0 fully saturated rings. The summed E-state index contributed by atoms with van der Waals surface area (Å²) in [5, 5.41) is 5.65. The summed E-state index contributed by atoms with van der Waals surface area (Å²) in [5.41, 5.74) is 3.80. The first-order chi connectivity index (χ1) is 14.4. The van der Waals surface area contributed by atoms with Gasteiger partial charge in [0, 0.05) is 23.8 Å². The van der Waals surface area contributed by atoms with E-state index >= 15 is 0 Å². The van der Waals surface area contributed by atoms with Gasteiger partial charge in [-0.3, -0.25) is 4.98 Å². The molecule has 0 aliphatic rings. The van der Waals surface area contributed by atoms with E-state index in [-0.39, 0.29) is 24.2 Å². The predicted molar refractivity (Wildman–Crippen MR) is 119 cm³/mol. The quantitative estimate of drug-likeness (QED) is 0.485. The van der Waals surface area contributed by atoms with Crippen molar-refractivity contribution >= 4 is 30.0 Å². The molecule has 0 spiro atoms. The average molecular weight is 468 g/mol. The molecular formula is C22H21Cl2F2N3O2. The third kappa shape index (κ3) is 7.08. The minimum Gasteiger partial charge on any atom is -0.434 e. The average Bonchev–Trinajstić information content (AvgIpc) is 2.73. The van der Waals surface area contributed by atoms with Crippen LogP contribution in [-0.4, -0.2) is 24.7 Å². The van der Waals surface area contributed by atoms with Crippen LogP contribution in [0.2, 0.25) is 5.02 Å². The fourth-order valence-corrected chi connectivity index (χ4v) is 3.12. The SMILES string of the molecule is CNC(=O)NCc1ccc(Cc2ccc(OC(F)F)c(-c3cccc(Cl)c3)c2)cn1.Cl. The maximum atomic E-state index is 12.8. The number of nitrogens with one attached hydrogen (secondary N) is 2. The monoisotopic (exact) mass is 467 g/mol. The van der Waals surface area contributed by atoms with E-state index in [2.05, 4.69) is 20.4 Å². The molecule has 2 amide bonds. The summed E-state index contributed by atoms with van der Waals surface area (Å²) in [6.07, 6.45) is 2.28. The molecule has 0 atom stereocenters. The largest absolute Gasteiger partial charge is 0.434 e. The standard InChI is InChI=1S/C22H20ClF2N3O2.ClH/c1-26-22(29)28-13-18-7-5-15(12-27-18)9-14-6-8-20(30-21(24)25)19(10-14)16-3-2-4-17(23)11-16;/h2-8,10-12,21H,9,13H2,1H3,(H2,26,28,29);1H. The minimum atomic E-state index is -2.92. The summed E-state index contributed by atoms with van der Waals surface area (Å²) >= 11 is 6.06. The maximum absolute atomic E-state index is 12.8. The first-order valence-corrected chi connectivity index (χ1v) is 9.55. The van der Waals surface area contributed by atoms with Crippen molar-refractivity contribution < 1.29 is 18.3 Å². The molecule has 3 rings (SSSR count). The molecule has 0 saturated carbocycles. The summed E-state index contributed by atoms with van der Waals surface area (Å²) in [4.78, 5) is 15.6. The van der Waals surface area contributed by atoms with Crippen molar-refractivity contribution in [1.29, 1.82) is 0 Å². The van der Waals surface area contributed by atoms with E-state index in [1.54, 1.807) is 43.6 Å². The lowest BCUT2D eigenvalue weighted by molar-refractivity contribution is -0.0494. The Morgan fingerprint density at radius 3 is 2.55 bits per heavy atom. The van der Waals surface area contributed by atoms with Crippen LogP contribution in [0.3, 0.4) is 0 Å². The molecule has 164 valence electrons. The molecule has 0 radical (unpaired) electrons. The van der Waals surface area contributed by atoms with Gasteiger partial charge in [-0.25, -0.2) is 4.79 Å². The predicted octanol–water partition coefficient (Wildman–Crippen LogP) is 5.45. The van der Waals surface area contributed by atoms with Crippen LogP contribution in [0.25, 0.3) is 11.1 Å². The number of pyridine rings is 1. The van der Waals surface area contributed by atoms with Crippen LogP contribution >= 0.6 is 24.0 Å². The van der Waals surface area contributed by atoms with E-state index in [0.29, 0.717) is 29.1 Å². The second-order valence-electron chi connectivity index (χ2n) is 6.49. The van der Waals surface area contributed by atoms with Gasteiger partial charge in [0.25, 0.3) is 0 Å². The van der Waals surface area contributed by atoms with Crippen LogP contribution < -0.4 is 15.4 Å². The number of nitrogens with zero attached hydrogens (tertiary/aromatic N) is 1. The zero-order chi connectivity index (χ0) is 21.5.